The van der Waals surface area contributed by atoms with Crippen LogP contribution in [0.4, 0.5) is 0 Å². The first-order valence-corrected chi connectivity index (χ1v) is 4.81. The van der Waals surface area contributed by atoms with Crippen molar-refractivity contribution in [1.29, 1.82) is 0 Å². The molecule has 1 atom stereocenters. The fourth-order valence-corrected chi connectivity index (χ4v) is 0.994. The highest BCUT2D eigenvalue weighted by atomic mass is 35.5. The van der Waals surface area contributed by atoms with Gasteiger partial charge < -0.3 is 5.32 Å². The molecule has 1 aromatic rings. The molecule has 5 heteroatoms. The van der Waals surface area contributed by atoms with Crippen molar-refractivity contribution in [3.05, 3.63) is 29.0 Å². The molecule has 15 heavy (non-hydrogen) atoms. The highest BCUT2D eigenvalue weighted by molar-refractivity contribution is 6.30. The summed E-state index contributed by atoms with van der Waals surface area (Å²) in [6.07, 6.45) is 1.38. The fourth-order valence-electron chi connectivity index (χ4n) is 0.882. The third-order valence-electron chi connectivity index (χ3n) is 1.92. The van der Waals surface area contributed by atoms with E-state index in [-0.39, 0.29) is 17.4 Å². The number of pyridine rings is 1. The van der Waals surface area contributed by atoms with E-state index in [4.69, 9.17) is 11.6 Å². The lowest BCUT2D eigenvalue weighted by atomic mass is 10.2. The number of nitrogens with one attached hydrogen (secondary N) is 1. The van der Waals surface area contributed by atoms with Crippen LogP contribution in [0, 0.1) is 0 Å². The van der Waals surface area contributed by atoms with E-state index in [9.17, 15) is 9.59 Å². The van der Waals surface area contributed by atoms with E-state index < -0.39 is 6.04 Å². The van der Waals surface area contributed by atoms with Crippen molar-refractivity contribution in [2.75, 3.05) is 0 Å². The van der Waals surface area contributed by atoms with Gasteiger partial charge in [0.1, 0.15) is 5.69 Å². The van der Waals surface area contributed by atoms with Crippen molar-refractivity contribution in [3.8, 4) is 0 Å². The molecule has 1 amide bonds. The van der Waals surface area contributed by atoms with Crippen LogP contribution in [-0.2, 0) is 4.79 Å². The van der Waals surface area contributed by atoms with Gasteiger partial charge in [-0.3, -0.25) is 9.59 Å². The Morgan fingerprint density at radius 3 is 2.60 bits per heavy atom. The molecule has 80 valence electrons. The van der Waals surface area contributed by atoms with E-state index in [1.54, 1.807) is 13.0 Å². The average Bonchev–Trinajstić information content (AvgIpc) is 2.18. The molecular weight excluding hydrogens is 216 g/mol. The Balaban J connectivity index is 2.69. The maximum atomic E-state index is 11.5. The molecule has 0 radical (unpaired) electrons. The maximum absolute atomic E-state index is 11.5. The van der Waals surface area contributed by atoms with E-state index in [1.165, 1.54) is 19.2 Å². The number of rotatable bonds is 3. The monoisotopic (exact) mass is 226 g/mol. The summed E-state index contributed by atoms with van der Waals surface area (Å²) in [5.74, 6) is -0.480. The summed E-state index contributed by atoms with van der Waals surface area (Å²) in [5.41, 5.74) is 0.243. The summed E-state index contributed by atoms with van der Waals surface area (Å²) < 4.78 is 0. The molecular formula is C10H11ClN2O2. The van der Waals surface area contributed by atoms with Gasteiger partial charge in [-0.1, -0.05) is 11.6 Å². The van der Waals surface area contributed by atoms with Crippen LogP contribution < -0.4 is 5.32 Å². The number of nitrogens with zero attached hydrogens (tertiary/aromatic N) is 1. The zero-order chi connectivity index (χ0) is 11.4. The zero-order valence-corrected chi connectivity index (χ0v) is 9.21. The molecule has 1 unspecified atom stereocenters. The predicted octanol–water partition coefficient (Wildman–Crippen LogP) is 1.44. The molecule has 1 N–H and O–H groups in total. The van der Waals surface area contributed by atoms with Crippen molar-refractivity contribution in [3.63, 3.8) is 0 Å². The van der Waals surface area contributed by atoms with Crippen LogP contribution in [0.5, 0.6) is 0 Å². The number of aromatic nitrogens is 1. The minimum Gasteiger partial charge on any atom is -0.341 e. The molecule has 0 aliphatic rings. The molecule has 0 fully saturated rings. The summed E-state index contributed by atoms with van der Waals surface area (Å²) in [6.45, 7) is 3.04. The van der Waals surface area contributed by atoms with Crippen LogP contribution in [0.25, 0.3) is 0 Å². The highest BCUT2D eigenvalue weighted by Crippen LogP contribution is 2.06. The van der Waals surface area contributed by atoms with Crippen LogP contribution in [-0.4, -0.2) is 22.7 Å². The Hall–Kier alpha value is -1.42. The first-order chi connectivity index (χ1) is 7.00. The van der Waals surface area contributed by atoms with Crippen LogP contribution >= 0.6 is 11.6 Å². The number of carbonyl (C=O) groups excluding carboxylic acids is 2. The van der Waals surface area contributed by atoms with Gasteiger partial charge in [0.15, 0.2) is 5.78 Å². The predicted molar refractivity (Wildman–Crippen MR) is 56.9 cm³/mol. The maximum Gasteiger partial charge on any atom is 0.270 e. The third-order valence-corrected chi connectivity index (χ3v) is 2.14. The third kappa shape index (κ3) is 3.32. The summed E-state index contributed by atoms with van der Waals surface area (Å²) in [4.78, 5) is 26.2. The molecule has 0 aliphatic heterocycles. The lowest BCUT2D eigenvalue weighted by Crippen LogP contribution is -2.37. The molecule has 1 rings (SSSR count). The van der Waals surface area contributed by atoms with Crippen molar-refractivity contribution < 1.29 is 9.59 Å². The highest BCUT2D eigenvalue weighted by Gasteiger charge is 2.13. The first kappa shape index (κ1) is 11.7. The minimum absolute atomic E-state index is 0.0997. The van der Waals surface area contributed by atoms with Gasteiger partial charge in [-0.05, 0) is 26.0 Å². The van der Waals surface area contributed by atoms with Crippen LogP contribution in [0.3, 0.4) is 0 Å². The molecule has 0 aliphatic carbocycles. The minimum atomic E-state index is -0.505. The smallest absolute Gasteiger partial charge is 0.270 e. The summed E-state index contributed by atoms with van der Waals surface area (Å²) in [7, 11) is 0. The molecule has 0 saturated carbocycles. The SMILES string of the molecule is CC(=O)C(C)NC(=O)c1ccc(Cl)cn1. The van der Waals surface area contributed by atoms with E-state index in [1.807, 2.05) is 0 Å². The first-order valence-electron chi connectivity index (χ1n) is 4.43. The number of carbonyl (C=O) groups is 2. The zero-order valence-electron chi connectivity index (χ0n) is 8.45. The van der Waals surface area contributed by atoms with Gasteiger partial charge in [-0.15, -0.1) is 0 Å². The number of hydrogen-bond acceptors (Lipinski definition) is 3. The van der Waals surface area contributed by atoms with Gasteiger partial charge >= 0.3 is 0 Å². The number of hydrogen-bond donors (Lipinski definition) is 1. The van der Waals surface area contributed by atoms with Gasteiger partial charge in [0.25, 0.3) is 5.91 Å². The van der Waals surface area contributed by atoms with Gasteiger partial charge in [0.05, 0.1) is 11.1 Å². The molecule has 0 bridgehead atoms. The molecule has 0 spiro atoms. The summed E-state index contributed by atoms with van der Waals surface area (Å²) >= 11 is 5.62. The summed E-state index contributed by atoms with van der Waals surface area (Å²) in [6, 6.07) is 2.57. The normalized spacial score (nSPS) is 11.9. The largest absolute Gasteiger partial charge is 0.341 e. The molecule has 4 nitrogen and oxygen atoms in total. The van der Waals surface area contributed by atoms with Gasteiger partial charge in [-0.25, -0.2) is 4.98 Å². The van der Waals surface area contributed by atoms with Crippen LogP contribution in [0.1, 0.15) is 24.3 Å². The molecule has 1 aromatic heterocycles. The number of Topliss-reactive ketones (excluding diaryl/α,β-unsaturated/α-hetero) is 1. The van der Waals surface area contributed by atoms with E-state index in [0.29, 0.717) is 5.02 Å². The van der Waals surface area contributed by atoms with Crippen molar-refractivity contribution >= 4 is 23.3 Å². The van der Waals surface area contributed by atoms with Gasteiger partial charge in [0, 0.05) is 6.20 Å². The Morgan fingerprint density at radius 2 is 2.13 bits per heavy atom. The standard InChI is InChI=1S/C10H11ClN2O2/c1-6(7(2)14)13-10(15)9-4-3-8(11)5-12-9/h3-6H,1-2H3,(H,13,15). The van der Waals surface area contributed by atoms with Crippen molar-refractivity contribution in [1.82, 2.24) is 10.3 Å². The number of ketones is 1. The van der Waals surface area contributed by atoms with Gasteiger partial charge in [-0.2, -0.15) is 0 Å². The second-order valence-electron chi connectivity index (χ2n) is 3.17. The van der Waals surface area contributed by atoms with Crippen LogP contribution in [0.15, 0.2) is 18.3 Å². The molecule has 0 saturated heterocycles. The topological polar surface area (TPSA) is 59.1 Å². The molecule has 1 heterocycles. The Morgan fingerprint density at radius 1 is 1.47 bits per heavy atom. The van der Waals surface area contributed by atoms with Crippen LogP contribution in [0.2, 0.25) is 5.02 Å². The van der Waals surface area contributed by atoms with Crippen molar-refractivity contribution in [2.45, 2.75) is 19.9 Å². The Bertz CT molecular complexity index is 376. The average molecular weight is 227 g/mol. The Labute approximate surface area is 92.7 Å². The number of amides is 1. The number of halogens is 1. The second-order valence-corrected chi connectivity index (χ2v) is 3.60. The quantitative estimate of drug-likeness (QED) is 0.849. The van der Waals surface area contributed by atoms with Crippen molar-refractivity contribution in [2.24, 2.45) is 0 Å². The van der Waals surface area contributed by atoms with E-state index in [0.717, 1.165) is 0 Å². The van der Waals surface area contributed by atoms with E-state index in [2.05, 4.69) is 10.3 Å². The Kier molecular flexibility index (Phi) is 3.80. The summed E-state index contributed by atoms with van der Waals surface area (Å²) in [5, 5.41) is 2.99. The second kappa shape index (κ2) is 4.89. The van der Waals surface area contributed by atoms with E-state index >= 15 is 0 Å². The lowest BCUT2D eigenvalue weighted by Gasteiger charge is -2.09. The molecule has 0 aromatic carbocycles. The fraction of sp³-hybridized carbons (Fsp3) is 0.300. The lowest BCUT2D eigenvalue weighted by molar-refractivity contribution is -0.118. The van der Waals surface area contributed by atoms with Gasteiger partial charge in [0.2, 0.25) is 0 Å².